The predicted molar refractivity (Wildman–Crippen MR) is 146 cm³/mol. The Morgan fingerprint density at radius 3 is 2.32 bits per heavy atom. The number of nitrogens with zero attached hydrogens (tertiary/aromatic N) is 5. The Morgan fingerprint density at radius 2 is 1.70 bits per heavy atom. The molecule has 1 aliphatic rings. The van der Waals surface area contributed by atoms with Crippen molar-refractivity contribution in [3.8, 4) is 11.8 Å². The van der Waals surface area contributed by atoms with Gasteiger partial charge in [0.1, 0.15) is 5.75 Å². The topological polar surface area (TPSA) is 92.6 Å². The van der Waals surface area contributed by atoms with Gasteiger partial charge in [-0.3, -0.25) is 4.57 Å². The van der Waals surface area contributed by atoms with Gasteiger partial charge in [0.2, 0.25) is 10.0 Å². The largest absolute Gasteiger partial charge is 0.424 e. The Kier molecular flexibility index (Phi) is 7.91. The summed E-state index contributed by atoms with van der Waals surface area (Å²) in [5.41, 5.74) is 2.12. The Morgan fingerprint density at radius 1 is 1.03 bits per heavy atom. The zero-order chi connectivity index (χ0) is 26.8. The summed E-state index contributed by atoms with van der Waals surface area (Å²) < 4.78 is 36.8. The van der Waals surface area contributed by atoms with Crippen LogP contribution in [0.3, 0.4) is 0 Å². The fourth-order valence-electron chi connectivity index (χ4n) is 4.39. The summed E-state index contributed by atoms with van der Waals surface area (Å²) in [7, 11) is -1.61. The summed E-state index contributed by atoms with van der Waals surface area (Å²) in [6.07, 6.45) is 0. The van der Waals surface area contributed by atoms with Crippen LogP contribution in [0.4, 0.5) is 5.69 Å². The van der Waals surface area contributed by atoms with E-state index in [1.807, 2.05) is 37.3 Å². The molecule has 0 saturated carbocycles. The molecule has 2 aromatic carbocycles. The first-order valence-corrected chi connectivity index (χ1v) is 14.2. The molecule has 10 heteroatoms. The maximum atomic E-state index is 13.1. The lowest BCUT2D eigenvalue weighted by Crippen LogP contribution is -2.44. The summed E-state index contributed by atoms with van der Waals surface area (Å²) in [4.78, 5) is 4.87. The van der Waals surface area contributed by atoms with Crippen molar-refractivity contribution in [2.75, 3.05) is 38.1 Å². The number of sulfonamides is 1. The molecule has 1 saturated heterocycles. The summed E-state index contributed by atoms with van der Waals surface area (Å²) >= 11 is 0. The minimum atomic E-state index is -3.75. The molecule has 0 amide bonds. The minimum Gasteiger partial charge on any atom is -0.424 e. The zero-order valence-electron chi connectivity index (χ0n) is 22.6. The van der Waals surface area contributed by atoms with Crippen molar-refractivity contribution >= 4 is 15.7 Å². The van der Waals surface area contributed by atoms with Crippen LogP contribution in [-0.4, -0.2) is 61.3 Å². The number of hydrogen-bond donors (Lipinski definition) is 1. The van der Waals surface area contributed by atoms with Gasteiger partial charge in [0, 0.05) is 44.5 Å². The van der Waals surface area contributed by atoms with Crippen LogP contribution in [0.15, 0.2) is 53.4 Å². The number of piperazine rings is 1. The van der Waals surface area contributed by atoms with Crippen LogP contribution in [0.1, 0.15) is 52.0 Å². The highest BCUT2D eigenvalue weighted by atomic mass is 32.2. The third-order valence-electron chi connectivity index (χ3n) is 6.71. The van der Waals surface area contributed by atoms with E-state index in [1.165, 1.54) is 0 Å². The first-order valence-electron chi connectivity index (χ1n) is 12.8. The maximum Gasteiger partial charge on any atom is 0.322 e. The fourth-order valence-corrected chi connectivity index (χ4v) is 5.60. The van der Waals surface area contributed by atoms with Crippen LogP contribution in [-0.2, 0) is 22.0 Å². The zero-order valence-corrected chi connectivity index (χ0v) is 23.4. The van der Waals surface area contributed by atoms with E-state index in [2.05, 4.69) is 58.6 Å². The quantitative estimate of drug-likeness (QED) is 0.471. The number of ether oxygens (including phenoxy) is 1. The smallest absolute Gasteiger partial charge is 0.322 e. The number of anilines is 1. The molecule has 0 aliphatic carbocycles. The first-order chi connectivity index (χ1) is 17.5. The Bertz CT molecular complexity index is 1310. The average Bonchev–Trinajstić information content (AvgIpc) is 3.26. The van der Waals surface area contributed by atoms with E-state index in [1.54, 1.807) is 23.6 Å². The van der Waals surface area contributed by atoms with Gasteiger partial charge < -0.3 is 14.5 Å². The van der Waals surface area contributed by atoms with Crippen molar-refractivity contribution in [1.82, 2.24) is 24.4 Å². The molecule has 1 N–H and O–H groups in total. The molecular formula is C27H38N6O3S. The van der Waals surface area contributed by atoms with E-state index < -0.39 is 16.1 Å². The lowest BCUT2D eigenvalue weighted by atomic mass is 9.87. The van der Waals surface area contributed by atoms with Gasteiger partial charge in [-0.05, 0) is 56.1 Å². The highest BCUT2D eigenvalue weighted by Gasteiger charge is 2.25. The number of benzene rings is 2. The van der Waals surface area contributed by atoms with Crippen molar-refractivity contribution in [1.29, 1.82) is 0 Å². The van der Waals surface area contributed by atoms with Gasteiger partial charge in [-0.1, -0.05) is 44.1 Å². The molecule has 1 aliphatic heterocycles. The van der Waals surface area contributed by atoms with E-state index in [-0.39, 0.29) is 10.3 Å². The van der Waals surface area contributed by atoms with Gasteiger partial charge in [-0.15, -0.1) is 5.10 Å². The summed E-state index contributed by atoms with van der Waals surface area (Å²) in [5, 5.41) is 8.51. The van der Waals surface area contributed by atoms with Gasteiger partial charge in [0.05, 0.1) is 10.9 Å². The van der Waals surface area contributed by atoms with Gasteiger partial charge in [-0.25, -0.2) is 13.1 Å². The highest BCUT2D eigenvalue weighted by molar-refractivity contribution is 7.89. The van der Waals surface area contributed by atoms with Crippen LogP contribution >= 0.6 is 0 Å². The van der Waals surface area contributed by atoms with Gasteiger partial charge in [-0.2, -0.15) is 0 Å². The molecule has 9 nitrogen and oxygen atoms in total. The normalized spacial score (nSPS) is 16.1. The predicted octanol–water partition coefficient (Wildman–Crippen LogP) is 4.18. The second kappa shape index (κ2) is 10.8. The van der Waals surface area contributed by atoms with Crippen molar-refractivity contribution in [2.24, 2.45) is 0 Å². The molecule has 0 spiro atoms. The van der Waals surface area contributed by atoms with E-state index in [9.17, 15) is 8.42 Å². The average molecular weight is 527 g/mol. The minimum absolute atomic E-state index is 0.0546. The third kappa shape index (κ3) is 6.31. The van der Waals surface area contributed by atoms with E-state index in [0.717, 1.165) is 37.4 Å². The standard InChI is InChI=1S/C27H38N6O3S/c1-7-33-25(20(2)30-37(34,35)24-13-11-21(12-14-24)27(3,4)5)28-29-26(33)36-23-10-8-9-22(19-23)32-17-15-31(6)16-18-32/h8-14,19-20,30H,7,15-18H2,1-6H3/t20-/m1/s1. The molecule has 4 rings (SSSR count). The highest BCUT2D eigenvalue weighted by Crippen LogP contribution is 2.28. The van der Waals surface area contributed by atoms with Crippen molar-refractivity contribution < 1.29 is 13.2 Å². The summed E-state index contributed by atoms with van der Waals surface area (Å²) in [6, 6.07) is 14.7. The van der Waals surface area contributed by atoms with E-state index >= 15 is 0 Å². The van der Waals surface area contributed by atoms with Crippen LogP contribution in [0.2, 0.25) is 0 Å². The SMILES string of the molecule is CCn1c(Oc2cccc(N3CCN(C)CC3)c2)nnc1[C@@H](C)NS(=O)(=O)c1ccc(C(C)(C)C)cc1. The molecule has 1 aromatic heterocycles. The maximum absolute atomic E-state index is 13.1. The molecule has 0 unspecified atom stereocenters. The fraction of sp³-hybridized carbons (Fsp3) is 0.481. The number of hydrogen-bond acceptors (Lipinski definition) is 7. The Labute approximate surface area is 220 Å². The number of nitrogens with one attached hydrogen (secondary N) is 1. The molecule has 3 aromatic rings. The summed E-state index contributed by atoms with van der Waals surface area (Å²) in [5.74, 6) is 1.15. The molecule has 0 bridgehead atoms. The lowest BCUT2D eigenvalue weighted by molar-refractivity contribution is 0.312. The lowest BCUT2D eigenvalue weighted by Gasteiger charge is -2.34. The molecule has 200 valence electrons. The second-order valence-electron chi connectivity index (χ2n) is 10.6. The van der Waals surface area contributed by atoms with Gasteiger partial charge in [0.25, 0.3) is 0 Å². The number of likely N-dealkylation sites (N-methyl/N-ethyl adjacent to an activating group) is 1. The van der Waals surface area contributed by atoms with E-state index in [0.29, 0.717) is 24.1 Å². The molecule has 1 atom stereocenters. The van der Waals surface area contributed by atoms with E-state index in [4.69, 9.17) is 4.74 Å². The molecule has 1 fully saturated rings. The van der Waals surface area contributed by atoms with Crippen LogP contribution < -0.4 is 14.4 Å². The van der Waals surface area contributed by atoms with Gasteiger partial charge >= 0.3 is 6.01 Å². The van der Waals surface area contributed by atoms with Crippen molar-refractivity contribution in [3.05, 3.63) is 59.9 Å². The Balaban J connectivity index is 1.49. The van der Waals surface area contributed by atoms with Crippen molar-refractivity contribution in [3.63, 3.8) is 0 Å². The number of rotatable bonds is 8. The number of aromatic nitrogens is 3. The molecule has 0 radical (unpaired) electrons. The van der Waals surface area contributed by atoms with Crippen LogP contribution in [0.5, 0.6) is 11.8 Å². The molecule has 37 heavy (non-hydrogen) atoms. The summed E-state index contributed by atoms with van der Waals surface area (Å²) in [6.45, 7) is 14.5. The third-order valence-corrected chi connectivity index (χ3v) is 8.26. The Hall–Kier alpha value is -2.95. The van der Waals surface area contributed by atoms with Crippen LogP contribution in [0, 0.1) is 0 Å². The molecule has 2 heterocycles. The van der Waals surface area contributed by atoms with Crippen LogP contribution in [0.25, 0.3) is 0 Å². The van der Waals surface area contributed by atoms with Crippen molar-refractivity contribution in [2.45, 2.75) is 57.5 Å². The molecular weight excluding hydrogens is 488 g/mol. The monoisotopic (exact) mass is 526 g/mol. The second-order valence-corrected chi connectivity index (χ2v) is 12.3. The first kappa shape index (κ1) is 27.1. The van der Waals surface area contributed by atoms with Gasteiger partial charge in [0.15, 0.2) is 5.82 Å².